The van der Waals surface area contributed by atoms with Gasteiger partial charge in [0.05, 0.1) is 17.9 Å². The summed E-state index contributed by atoms with van der Waals surface area (Å²) in [6.45, 7) is 7.16. The Hall–Kier alpha value is -2.00. The number of aromatic nitrogens is 1. The number of halogens is 1. The first kappa shape index (κ1) is 19.3. The third-order valence-electron chi connectivity index (χ3n) is 6.84. The molecule has 2 saturated carbocycles. The van der Waals surface area contributed by atoms with Crippen molar-refractivity contribution in [1.82, 2.24) is 4.98 Å². The Morgan fingerprint density at radius 3 is 2.71 bits per heavy atom. The van der Waals surface area contributed by atoms with Gasteiger partial charge in [-0.3, -0.25) is 4.98 Å². The van der Waals surface area contributed by atoms with E-state index in [0.29, 0.717) is 5.60 Å². The molecule has 0 radical (unpaired) electrons. The van der Waals surface area contributed by atoms with Gasteiger partial charge in [0.25, 0.3) is 0 Å². The number of pyridine rings is 1. The Morgan fingerprint density at radius 1 is 1.18 bits per heavy atom. The van der Waals surface area contributed by atoms with Gasteiger partial charge in [-0.25, -0.2) is 4.39 Å². The number of nitrogens with zero attached hydrogens (tertiary/aromatic N) is 1. The van der Waals surface area contributed by atoms with Crippen LogP contribution >= 0.6 is 0 Å². The molecular formula is C25H30FNO. The fraction of sp³-hybridized carbons (Fsp3) is 0.480. The van der Waals surface area contributed by atoms with Gasteiger partial charge in [-0.1, -0.05) is 51.0 Å². The van der Waals surface area contributed by atoms with E-state index in [4.69, 9.17) is 4.74 Å². The largest absolute Gasteiger partial charge is 0.370 e. The van der Waals surface area contributed by atoms with E-state index in [-0.39, 0.29) is 5.82 Å². The van der Waals surface area contributed by atoms with Crippen molar-refractivity contribution in [3.63, 3.8) is 0 Å². The lowest BCUT2D eigenvalue weighted by molar-refractivity contribution is 0.0652. The van der Waals surface area contributed by atoms with Crippen molar-refractivity contribution in [2.45, 2.75) is 51.0 Å². The lowest BCUT2D eigenvalue weighted by Gasteiger charge is -2.42. The van der Waals surface area contributed by atoms with Gasteiger partial charge < -0.3 is 4.74 Å². The van der Waals surface area contributed by atoms with Crippen LogP contribution in [0.15, 0.2) is 49.2 Å². The molecular weight excluding hydrogens is 349 g/mol. The van der Waals surface area contributed by atoms with Crippen molar-refractivity contribution in [3.05, 3.63) is 60.7 Å². The highest BCUT2D eigenvalue weighted by molar-refractivity contribution is 5.63. The minimum absolute atomic E-state index is 0.236. The van der Waals surface area contributed by atoms with Crippen LogP contribution in [-0.2, 0) is 4.74 Å². The van der Waals surface area contributed by atoms with E-state index >= 15 is 0 Å². The van der Waals surface area contributed by atoms with E-state index in [1.165, 1.54) is 50.7 Å². The van der Waals surface area contributed by atoms with Crippen LogP contribution in [0.25, 0.3) is 17.2 Å². The minimum atomic E-state index is -0.236. The molecule has 28 heavy (non-hydrogen) atoms. The highest BCUT2D eigenvalue weighted by Gasteiger charge is 2.51. The Labute approximate surface area is 167 Å². The van der Waals surface area contributed by atoms with E-state index in [1.54, 1.807) is 18.3 Å². The monoisotopic (exact) mass is 379 g/mol. The molecule has 148 valence electrons. The summed E-state index contributed by atoms with van der Waals surface area (Å²) in [5, 5.41) is 0. The summed E-state index contributed by atoms with van der Waals surface area (Å²) in [6, 6.07) is 10.2. The summed E-state index contributed by atoms with van der Waals surface area (Å²) < 4.78 is 18.6. The van der Waals surface area contributed by atoms with Crippen molar-refractivity contribution < 1.29 is 9.13 Å². The van der Waals surface area contributed by atoms with Crippen LogP contribution in [0.4, 0.5) is 4.39 Å². The third-order valence-corrected chi connectivity index (χ3v) is 6.84. The van der Waals surface area contributed by atoms with Gasteiger partial charge in [0, 0.05) is 11.8 Å². The summed E-state index contributed by atoms with van der Waals surface area (Å²) in [5.41, 5.74) is 2.95. The number of benzene rings is 1. The molecule has 1 aromatic carbocycles. The lowest BCUT2D eigenvalue weighted by atomic mass is 9.63. The Bertz CT molecular complexity index is 812. The molecule has 5 rings (SSSR count). The molecule has 3 fully saturated rings. The van der Waals surface area contributed by atoms with E-state index in [0.717, 1.165) is 41.2 Å². The average molecular weight is 380 g/mol. The molecule has 4 unspecified atom stereocenters. The normalized spacial score (nSPS) is 30.7. The lowest BCUT2D eigenvalue weighted by Crippen LogP contribution is -2.36. The zero-order valence-corrected chi connectivity index (χ0v) is 16.7. The first-order valence-corrected chi connectivity index (χ1v) is 10.6. The van der Waals surface area contributed by atoms with Gasteiger partial charge >= 0.3 is 0 Å². The maximum atomic E-state index is 13.0. The van der Waals surface area contributed by atoms with Crippen LogP contribution in [0.2, 0.25) is 0 Å². The Morgan fingerprint density at radius 2 is 2.04 bits per heavy atom. The highest BCUT2D eigenvalue weighted by atomic mass is 19.1. The van der Waals surface area contributed by atoms with E-state index < -0.39 is 0 Å². The molecule has 2 nitrogen and oxygen atoms in total. The van der Waals surface area contributed by atoms with Gasteiger partial charge in [-0.05, 0) is 66.9 Å². The molecule has 2 aliphatic carbocycles. The van der Waals surface area contributed by atoms with Gasteiger partial charge in [0.2, 0.25) is 0 Å². The third kappa shape index (κ3) is 4.35. The second-order valence-electron chi connectivity index (χ2n) is 8.73. The summed E-state index contributed by atoms with van der Waals surface area (Å²) in [5.74, 6) is 2.82. The number of ether oxygens (including phenoxy) is 1. The standard InChI is InChI=1S/C13H10FN.C12H20O/c1-2-13-7-6-11(9-15-13)10-4-3-5-12(14)8-10;1-9-3-2-4-10-7-12(8-13-12)6-5-11(9)10/h2-9H,1H2;9-11H,2-8H2,1H3. The van der Waals surface area contributed by atoms with Crippen molar-refractivity contribution in [2.75, 3.05) is 6.61 Å². The SMILES string of the molecule is C=Cc1ccc(-c2cccc(F)c2)cn1.CC1CCCC2CC3(CCC12)CO3. The van der Waals surface area contributed by atoms with E-state index in [1.807, 2.05) is 18.2 Å². The highest BCUT2D eigenvalue weighted by Crippen LogP contribution is 2.52. The number of hydrogen-bond acceptors (Lipinski definition) is 2. The van der Waals surface area contributed by atoms with Crippen molar-refractivity contribution in [2.24, 2.45) is 17.8 Å². The molecule has 0 N–H and O–H groups in total. The summed E-state index contributed by atoms with van der Waals surface area (Å²) >= 11 is 0. The Balaban J connectivity index is 0.000000138. The van der Waals surface area contributed by atoms with Crippen LogP contribution in [0.5, 0.6) is 0 Å². The van der Waals surface area contributed by atoms with Gasteiger partial charge in [-0.2, -0.15) is 0 Å². The molecule has 0 bridgehead atoms. The maximum Gasteiger partial charge on any atom is 0.123 e. The number of epoxide rings is 1. The van der Waals surface area contributed by atoms with Crippen LogP contribution in [0, 0.1) is 23.6 Å². The molecule has 1 aromatic heterocycles. The molecule has 2 aromatic rings. The fourth-order valence-corrected chi connectivity index (χ4v) is 5.11. The zero-order valence-electron chi connectivity index (χ0n) is 16.7. The summed E-state index contributed by atoms with van der Waals surface area (Å²) in [7, 11) is 0. The molecule has 1 aliphatic heterocycles. The van der Waals surface area contributed by atoms with Crippen LogP contribution in [0.3, 0.4) is 0 Å². The second kappa shape index (κ2) is 8.16. The molecule has 0 amide bonds. The predicted molar refractivity (Wildman–Crippen MR) is 112 cm³/mol. The second-order valence-corrected chi connectivity index (χ2v) is 8.73. The fourth-order valence-electron chi connectivity index (χ4n) is 5.11. The van der Waals surface area contributed by atoms with Crippen molar-refractivity contribution >= 4 is 6.08 Å². The quantitative estimate of drug-likeness (QED) is 0.555. The van der Waals surface area contributed by atoms with E-state index in [9.17, 15) is 4.39 Å². The first-order chi connectivity index (χ1) is 13.6. The predicted octanol–water partition coefficient (Wildman–Crippen LogP) is 6.52. The molecule has 1 spiro atoms. The summed E-state index contributed by atoms with van der Waals surface area (Å²) in [6.07, 6.45) is 12.0. The van der Waals surface area contributed by atoms with Crippen LogP contribution in [-0.4, -0.2) is 17.2 Å². The van der Waals surface area contributed by atoms with E-state index in [2.05, 4.69) is 18.5 Å². The minimum Gasteiger partial charge on any atom is -0.370 e. The first-order valence-electron chi connectivity index (χ1n) is 10.6. The molecule has 2 heterocycles. The van der Waals surface area contributed by atoms with Gasteiger partial charge in [0.1, 0.15) is 5.82 Å². The Kier molecular flexibility index (Phi) is 5.63. The molecule has 1 saturated heterocycles. The van der Waals surface area contributed by atoms with Crippen LogP contribution < -0.4 is 0 Å². The molecule has 3 heteroatoms. The molecule has 3 aliphatic rings. The van der Waals surface area contributed by atoms with Crippen LogP contribution in [0.1, 0.15) is 51.1 Å². The van der Waals surface area contributed by atoms with Crippen molar-refractivity contribution in [3.8, 4) is 11.1 Å². The van der Waals surface area contributed by atoms with Crippen molar-refractivity contribution in [1.29, 1.82) is 0 Å². The zero-order chi connectivity index (χ0) is 19.6. The average Bonchev–Trinajstić information content (AvgIpc) is 3.47. The van der Waals surface area contributed by atoms with Gasteiger partial charge in [-0.15, -0.1) is 0 Å². The smallest absolute Gasteiger partial charge is 0.123 e. The number of fused-ring (bicyclic) bond motifs is 1. The van der Waals surface area contributed by atoms with Gasteiger partial charge in [0.15, 0.2) is 0 Å². The molecule has 4 atom stereocenters. The number of hydrogen-bond donors (Lipinski definition) is 0. The topological polar surface area (TPSA) is 25.4 Å². The number of rotatable bonds is 2. The maximum absolute atomic E-state index is 13.0. The summed E-state index contributed by atoms with van der Waals surface area (Å²) in [4.78, 5) is 4.16.